The maximum atomic E-state index is 17.6. The fourth-order valence-electron chi connectivity index (χ4n) is 10.1. The van der Waals surface area contributed by atoms with Crippen LogP contribution >= 0.6 is 0 Å². The van der Waals surface area contributed by atoms with E-state index in [9.17, 15) is 24.3 Å². The Morgan fingerprint density at radius 3 is 2.49 bits per heavy atom. The molecule has 4 saturated carbocycles. The lowest BCUT2D eigenvalue weighted by Gasteiger charge is -2.62. The first-order valence-electron chi connectivity index (χ1n) is 15.8. The van der Waals surface area contributed by atoms with E-state index in [0.29, 0.717) is 37.7 Å². The number of hydrogen-bond donors (Lipinski definition) is 2. The molecule has 6 rings (SSSR count). The monoisotopic (exact) mass is 601 g/mol. The van der Waals surface area contributed by atoms with E-state index in [1.807, 2.05) is 6.92 Å². The molecule has 1 saturated heterocycles. The molecule has 1 amide bonds. The second kappa shape index (κ2) is 10.0. The molecule has 2 N–H and O–H groups in total. The molecule has 0 bridgehead atoms. The van der Waals surface area contributed by atoms with E-state index in [1.54, 1.807) is 26.8 Å². The van der Waals surface area contributed by atoms with Crippen LogP contribution in [0.2, 0.25) is 0 Å². The Kier molecular flexibility index (Phi) is 7.14. The molecule has 6 aliphatic rings. The van der Waals surface area contributed by atoms with Gasteiger partial charge < -0.3 is 24.6 Å². The van der Waals surface area contributed by atoms with Crippen LogP contribution in [0.1, 0.15) is 79.1 Å². The van der Waals surface area contributed by atoms with Gasteiger partial charge in [0.25, 0.3) is 0 Å². The topological polar surface area (TPSA) is 128 Å². The lowest BCUT2D eigenvalue weighted by molar-refractivity contribution is -0.246. The van der Waals surface area contributed by atoms with Gasteiger partial charge in [0.2, 0.25) is 11.7 Å². The quantitative estimate of drug-likeness (QED) is 0.459. The van der Waals surface area contributed by atoms with Gasteiger partial charge in [0.15, 0.2) is 29.4 Å². The van der Waals surface area contributed by atoms with E-state index >= 15 is 4.39 Å². The van der Waals surface area contributed by atoms with Crippen LogP contribution in [0.15, 0.2) is 23.8 Å². The minimum Gasteiger partial charge on any atom is -0.457 e. The first-order valence-corrected chi connectivity index (χ1v) is 15.8. The highest BCUT2D eigenvalue weighted by atomic mass is 19.1. The van der Waals surface area contributed by atoms with Crippen molar-refractivity contribution in [1.82, 2.24) is 5.32 Å². The van der Waals surface area contributed by atoms with Crippen molar-refractivity contribution in [2.75, 3.05) is 13.7 Å². The van der Waals surface area contributed by atoms with E-state index < -0.39 is 76.2 Å². The van der Waals surface area contributed by atoms with Crippen molar-refractivity contribution in [2.45, 2.75) is 108 Å². The number of ether oxygens (including phenoxy) is 3. The SMILES string of the molecule is CNC(=O)C1CCCCC1C(=O)OCC(=O)[C@@]12OC(C)(C)O[C@@H]1C[C@H]1[C@@H]3CCC4=CC(=O)C=C[C@]4(C)[C@@]3(F)[C@@H](O)C[C@@]12C. The number of fused-ring (bicyclic) bond motifs is 7. The number of aliphatic hydroxyl groups excluding tert-OH is 1. The van der Waals surface area contributed by atoms with Crippen LogP contribution in [0.3, 0.4) is 0 Å². The average Bonchev–Trinajstić information content (AvgIpc) is 3.37. The van der Waals surface area contributed by atoms with Crippen molar-refractivity contribution in [3.05, 3.63) is 23.8 Å². The summed E-state index contributed by atoms with van der Waals surface area (Å²) in [6.07, 6.45) is 6.24. The molecule has 0 aromatic carbocycles. The van der Waals surface area contributed by atoms with Crippen LogP contribution in [0.5, 0.6) is 0 Å². The van der Waals surface area contributed by atoms with E-state index in [4.69, 9.17) is 14.2 Å². The fraction of sp³-hybridized carbons (Fsp3) is 0.758. The normalized spacial score (nSPS) is 46.1. The van der Waals surface area contributed by atoms with Gasteiger partial charge in [0.1, 0.15) is 0 Å². The minimum absolute atomic E-state index is 0.0632. The predicted octanol–water partition coefficient (Wildman–Crippen LogP) is 3.52. The van der Waals surface area contributed by atoms with Crippen LogP contribution in [0, 0.1) is 34.5 Å². The smallest absolute Gasteiger partial charge is 0.310 e. The number of rotatable bonds is 5. The number of ketones is 2. The molecular weight excluding hydrogens is 557 g/mol. The largest absolute Gasteiger partial charge is 0.457 e. The van der Waals surface area contributed by atoms with Crippen LogP contribution in [0.25, 0.3) is 0 Å². The maximum Gasteiger partial charge on any atom is 0.310 e. The zero-order valence-corrected chi connectivity index (χ0v) is 25.7. The number of aliphatic hydroxyl groups is 1. The number of Topliss-reactive ketones (excluding diaryl/α,β-unsaturated/α-hetero) is 1. The Morgan fingerprint density at radius 1 is 1.09 bits per heavy atom. The molecular formula is C33H44FNO8. The molecule has 9 nitrogen and oxygen atoms in total. The number of nitrogens with one attached hydrogen (secondary N) is 1. The second-order valence-electron chi connectivity index (χ2n) is 14.5. The molecule has 0 radical (unpaired) electrons. The van der Waals surface area contributed by atoms with Gasteiger partial charge in [-0.15, -0.1) is 0 Å². The highest BCUT2D eigenvalue weighted by Gasteiger charge is 2.80. The predicted molar refractivity (Wildman–Crippen MR) is 152 cm³/mol. The number of esters is 1. The van der Waals surface area contributed by atoms with Crippen LogP contribution in [0.4, 0.5) is 4.39 Å². The third-order valence-corrected chi connectivity index (χ3v) is 12.0. The van der Waals surface area contributed by atoms with Crippen LogP contribution in [-0.2, 0) is 33.4 Å². The van der Waals surface area contributed by atoms with Gasteiger partial charge in [-0.3, -0.25) is 19.2 Å². The van der Waals surface area contributed by atoms with Crippen molar-refractivity contribution >= 4 is 23.4 Å². The Morgan fingerprint density at radius 2 is 1.79 bits per heavy atom. The van der Waals surface area contributed by atoms with E-state index in [-0.39, 0.29) is 24.0 Å². The third-order valence-electron chi connectivity index (χ3n) is 12.0. The molecule has 2 unspecified atom stereocenters. The summed E-state index contributed by atoms with van der Waals surface area (Å²) in [6.45, 7) is 6.51. The van der Waals surface area contributed by atoms with E-state index in [0.717, 1.165) is 12.8 Å². The second-order valence-corrected chi connectivity index (χ2v) is 14.5. The van der Waals surface area contributed by atoms with Gasteiger partial charge >= 0.3 is 5.97 Å². The number of alkyl halides is 1. The van der Waals surface area contributed by atoms with Crippen molar-refractivity contribution in [1.29, 1.82) is 0 Å². The Bertz CT molecular complexity index is 1310. The van der Waals surface area contributed by atoms with Gasteiger partial charge in [0, 0.05) is 23.8 Å². The van der Waals surface area contributed by atoms with E-state index in [1.165, 1.54) is 19.2 Å². The lowest BCUT2D eigenvalue weighted by atomic mass is 9.44. The summed E-state index contributed by atoms with van der Waals surface area (Å²) < 4.78 is 36.1. The molecule has 236 valence electrons. The molecule has 1 heterocycles. The number of halogens is 1. The van der Waals surface area contributed by atoms with Crippen molar-refractivity contribution in [3.8, 4) is 0 Å². The number of hydrogen-bond acceptors (Lipinski definition) is 8. The molecule has 5 fully saturated rings. The molecule has 0 spiro atoms. The van der Waals surface area contributed by atoms with Crippen molar-refractivity contribution in [3.63, 3.8) is 0 Å². The van der Waals surface area contributed by atoms with E-state index in [2.05, 4.69) is 5.32 Å². The third kappa shape index (κ3) is 4.11. The zero-order chi connectivity index (χ0) is 31.2. The highest BCUT2D eigenvalue weighted by Crippen LogP contribution is 2.72. The molecule has 43 heavy (non-hydrogen) atoms. The summed E-state index contributed by atoms with van der Waals surface area (Å²) in [4.78, 5) is 52.2. The summed E-state index contributed by atoms with van der Waals surface area (Å²) >= 11 is 0. The Hall–Kier alpha value is -2.43. The molecule has 10 atom stereocenters. The molecule has 5 aliphatic carbocycles. The minimum atomic E-state index is -2.06. The van der Waals surface area contributed by atoms with Crippen LogP contribution in [-0.4, -0.2) is 71.5 Å². The number of allylic oxidation sites excluding steroid dienone is 4. The number of carbonyl (C=O) groups is 4. The van der Waals surface area contributed by atoms with Crippen LogP contribution < -0.4 is 5.32 Å². The summed E-state index contributed by atoms with van der Waals surface area (Å²) in [5.74, 6) is -4.72. The summed E-state index contributed by atoms with van der Waals surface area (Å²) in [5.41, 5.74) is -5.11. The molecule has 1 aliphatic heterocycles. The highest BCUT2D eigenvalue weighted by molar-refractivity contribution is 6.01. The summed E-state index contributed by atoms with van der Waals surface area (Å²) in [7, 11) is 1.54. The standard InChI is InChI=1S/C33H44FNO8/c1-29(2)42-26-15-23-22-11-10-18-14-19(36)12-13-30(18,3)32(22,34)24(37)16-31(23,4)33(26,43-29)25(38)17-41-28(40)21-9-7-6-8-20(21)27(39)35-5/h12-14,20-24,26,37H,6-11,15-17H2,1-5H3,(H,35,39)/t20?,21?,22-,23-,24-,26+,30-,31-,32-,33+/m0/s1. The number of amides is 1. The van der Waals surface area contributed by atoms with Gasteiger partial charge in [-0.1, -0.05) is 31.4 Å². The summed E-state index contributed by atoms with van der Waals surface area (Å²) in [5, 5.41) is 14.4. The first kappa shape index (κ1) is 30.6. The Balaban J connectivity index is 1.30. The van der Waals surface area contributed by atoms with Crippen molar-refractivity contribution < 1.29 is 42.9 Å². The van der Waals surface area contributed by atoms with Gasteiger partial charge in [-0.2, -0.15) is 0 Å². The zero-order valence-electron chi connectivity index (χ0n) is 25.7. The Labute approximate surface area is 251 Å². The number of carbonyl (C=O) groups excluding carboxylic acids is 4. The first-order chi connectivity index (χ1) is 20.1. The average molecular weight is 602 g/mol. The van der Waals surface area contributed by atoms with Gasteiger partial charge in [-0.05, 0) is 77.4 Å². The molecule has 0 aromatic heterocycles. The van der Waals surface area contributed by atoms with Gasteiger partial charge in [0.05, 0.1) is 24.0 Å². The lowest BCUT2D eigenvalue weighted by Crippen LogP contribution is -2.70. The molecule has 0 aromatic rings. The summed E-state index contributed by atoms with van der Waals surface area (Å²) in [6, 6.07) is 0. The molecule has 10 heteroatoms. The van der Waals surface area contributed by atoms with Gasteiger partial charge in [-0.25, -0.2) is 4.39 Å². The van der Waals surface area contributed by atoms with Crippen molar-refractivity contribution in [2.24, 2.45) is 34.5 Å². The maximum absolute atomic E-state index is 17.6. The fourth-order valence-corrected chi connectivity index (χ4v) is 10.1.